The third-order valence-corrected chi connectivity index (χ3v) is 2.76. The van der Waals surface area contributed by atoms with E-state index in [-0.39, 0.29) is 0 Å². The van der Waals surface area contributed by atoms with E-state index in [0.717, 1.165) is 12.8 Å². The van der Waals surface area contributed by atoms with Crippen LogP contribution in [0.1, 0.15) is 12.8 Å². The molecule has 5 heteroatoms. The molecule has 0 bridgehead atoms. The van der Waals surface area contributed by atoms with E-state index in [1.165, 1.54) is 0 Å². The molecule has 17 heavy (non-hydrogen) atoms. The Hall–Kier alpha value is -2.04. The van der Waals surface area contributed by atoms with Crippen LogP contribution in [0.15, 0.2) is 24.3 Å². The summed E-state index contributed by atoms with van der Waals surface area (Å²) in [5, 5.41) is 2.56. The van der Waals surface area contributed by atoms with Crippen molar-refractivity contribution in [1.82, 2.24) is 4.90 Å². The van der Waals surface area contributed by atoms with Gasteiger partial charge in [-0.15, -0.1) is 0 Å². The first-order chi connectivity index (χ1) is 8.16. The minimum absolute atomic E-state index is 0.459. The molecule has 2 rings (SSSR count). The molecule has 2 amide bonds. The van der Waals surface area contributed by atoms with Gasteiger partial charge in [-0.05, 0) is 37.1 Å². The molecule has 1 saturated heterocycles. The van der Waals surface area contributed by atoms with Gasteiger partial charge in [0.15, 0.2) is 0 Å². The van der Waals surface area contributed by atoms with Crippen LogP contribution >= 0.6 is 0 Å². The number of nitrogens with one attached hydrogen (secondary N) is 1. The summed E-state index contributed by atoms with van der Waals surface area (Å²) in [6.07, 6.45) is 1.95. The third kappa shape index (κ3) is 2.75. The molecule has 1 aliphatic heterocycles. The zero-order valence-corrected chi connectivity index (χ0v) is 9.48. The maximum absolute atomic E-state index is 11.7. The van der Waals surface area contributed by atoms with E-state index < -0.39 is 11.8 Å². The molecule has 5 nitrogen and oxygen atoms in total. The predicted molar refractivity (Wildman–Crippen MR) is 65.3 cm³/mol. The molecule has 0 saturated carbocycles. The minimum atomic E-state index is -0.586. The van der Waals surface area contributed by atoms with Gasteiger partial charge in [0.2, 0.25) is 0 Å². The lowest BCUT2D eigenvalue weighted by Gasteiger charge is -2.14. The van der Waals surface area contributed by atoms with Gasteiger partial charge < -0.3 is 16.0 Å². The van der Waals surface area contributed by atoms with E-state index in [4.69, 9.17) is 5.73 Å². The van der Waals surface area contributed by atoms with Crippen molar-refractivity contribution < 1.29 is 9.59 Å². The van der Waals surface area contributed by atoms with Crippen molar-refractivity contribution in [3.8, 4) is 0 Å². The first kappa shape index (κ1) is 11.4. The lowest BCUT2D eigenvalue weighted by molar-refractivity contribution is -0.142. The van der Waals surface area contributed by atoms with E-state index in [9.17, 15) is 9.59 Å². The second-order valence-corrected chi connectivity index (χ2v) is 4.08. The topological polar surface area (TPSA) is 75.4 Å². The van der Waals surface area contributed by atoms with Crippen molar-refractivity contribution >= 4 is 23.2 Å². The van der Waals surface area contributed by atoms with E-state index in [0.29, 0.717) is 24.5 Å². The third-order valence-electron chi connectivity index (χ3n) is 2.76. The average Bonchev–Trinajstić information content (AvgIpc) is 2.84. The van der Waals surface area contributed by atoms with Crippen LogP contribution in [-0.2, 0) is 9.59 Å². The highest BCUT2D eigenvalue weighted by Crippen LogP contribution is 2.12. The summed E-state index contributed by atoms with van der Waals surface area (Å²) in [4.78, 5) is 24.9. The highest BCUT2D eigenvalue weighted by atomic mass is 16.2. The Kier molecular flexibility index (Phi) is 3.27. The highest BCUT2D eigenvalue weighted by Gasteiger charge is 2.24. The lowest BCUT2D eigenvalue weighted by atomic mass is 10.3. The summed E-state index contributed by atoms with van der Waals surface area (Å²) in [6, 6.07) is 6.70. The number of amides is 2. The molecule has 1 aliphatic rings. The lowest BCUT2D eigenvalue weighted by Crippen LogP contribution is -2.37. The molecule has 3 N–H and O–H groups in total. The Morgan fingerprint density at radius 1 is 1.12 bits per heavy atom. The number of hydrogen-bond donors (Lipinski definition) is 2. The molecule has 0 aliphatic carbocycles. The number of likely N-dealkylation sites (tertiary alicyclic amines) is 1. The number of nitrogens with two attached hydrogens (primary N) is 1. The van der Waals surface area contributed by atoms with Crippen LogP contribution in [0.4, 0.5) is 11.4 Å². The molecule has 1 aromatic rings. The van der Waals surface area contributed by atoms with Gasteiger partial charge in [-0.1, -0.05) is 0 Å². The van der Waals surface area contributed by atoms with Gasteiger partial charge in [0.1, 0.15) is 0 Å². The number of anilines is 2. The fraction of sp³-hybridized carbons (Fsp3) is 0.333. The molecule has 0 atom stereocenters. The van der Waals surface area contributed by atoms with Gasteiger partial charge in [-0.25, -0.2) is 0 Å². The molecule has 0 aromatic heterocycles. The zero-order valence-electron chi connectivity index (χ0n) is 9.48. The summed E-state index contributed by atoms with van der Waals surface area (Å²) in [5.41, 5.74) is 6.73. The number of nitrogen functional groups attached to an aromatic ring is 1. The Bertz CT molecular complexity index is 422. The van der Waals surface area contributed by atoms with Crippen LogP contribution in [-0.4, -0.2) is 29.8 Å². The number of rotatable bonds is 1. The molecule has 0 unspecified atom stereocenters. The maximum Gasteiger partial charge on any atom is 0.313 e. The summed E-state index contributed by atoms with van der Waals surface area (Å²) in [5.74, 6) is -1.05. The van der Waals surface area contributed by atoms with Crippen molar-refractivity contribution in [3.63, 3.8) is 0 Å². The van der Waals surface area contributed by atoms with E-state index >= 15 is 0 Å². The van der Waals surface area contributed by atoms with Crippen LogP contribution in [0.3, 0.4) is 0 Å². The standard InChI is InChI=1S/C12H15N3O2/c13-9-3-5-10(6-4-9)14-11(16)12(17)15-7-1-2-8-15/h3-6H,1-2,7-8,13H2,(H,14,16). The Morgan fingerprint density at radius 3 is 2.29 bits per heavy atom. The quantitative estimate of drug-likeness (QED) is 0.557. The van der Waals surface area contributed by atoms with Gasteiger partial charge in [0.25, 0.3) is 0 Å². The average molecular weight is 233 g/mol. The van der Waals surface area contributed by atoms with Crippen LogP contribution < -0.4 is 11.1 Å². The Labute approximate surface area is 99.6 Å². The van der Waals surface area contributed by atoms with E-state index in [2.05, 4.69) is 5.32 Å². The fourth-order valence-electron chi connectivity index (χ4n) is 1.81. The molecular weight excluding hydrogens is 218 g/mol. The molecule has 0 radical (unpaired) electrons. The van der Waals surface area contributed by atoms with Crippen molar-refractivity contribution in [1.29, 1.82) is 0 Å². The van der Waals surface area contributed by atoms with Gasteiger partial charge >= 0.3 is 11.8 Å². The Morgan fingerprint density at radius 2 is 1.71 bits per heavy atom. The molecular formula is C12H15N3O2. The summed E-state index contributed by atoms with van der Waals surface area (Å²) < 4.78 is 0. The number of benzene rings is 1. The van der Waals surface area contributed by atoms with Gasteiger partial charge in [0.05, 0.1) is 0 Å². The van der Waals surface area contributed by atoms with Crippen molar-refractivity contribution in [2.75, 3.05) is 24.1 Å². The number of carbonyl (C=O) groups excluding carboxylic acids is 2. The number of carbonyl (C=O) groups is 2. The molecule has 1 heterocycles. The fourth-order valence-corrected chi connectivity index (χ4v) is 1.81. The second kappa shape index (κ2) is 4.86. The Balaban J connectivity index is 1.96. The minimum Gasteiger partial charge on any atom is -0.399 e. The van der Waals surface area contributed by atoms with Crippen molar-refractivity contribution in [3.05, 3.63) is 24.3 Å². The van der Waals surface area contributed by atoms with Crippen LogP contribution in [0, 0.1) is 0 Å². The molecule has 1 aromatic carbocycles. The normalized spacial score (nSPS) is 14.7. The monoisotopic (exact) mass is 233 g/mol. The number of hydrogen-bond acceptors (Lipinski definition) is 3. The zero-order chi connectivity index (χ0) is 12.3. The first-order valence-corrected chi connectivity index (χ1v) is 5.62. The first-order valence-electron chi connectivity index (χ1n) is 5.62. The van der Waals surface area contributed by atoms with Gasteiger partial charge in [0, 0.05) is 24.5 Å². The summed E-state index contributed by atoms with van der Waals surface area (Å²) >= 11 is 0. The van der Waals surface area contributed by atoms with E-state index in [1.54, 1.807) is 29.2 Å². The highest BCUT2D eigenvalue weighted by molar-refractivity contribution is 6.39. The molecule has 1 fully saturated rings. The maximum atomic E-state index is 11.7. The van der Waals surface area contributed by atoms with Crippen LogP contribution in [0.25, 0.3) is 0 Å². The smallest absolute Gasteiger partial charge is 0.313 e. The van der Waals surface area contributed by atoms with E-state index in [1.807, 2.05) is 0 Å². The predicted octanol–water partition coefficient (Wildman–Crippen LogP) is 0.830. The second-order valence-electron chi connectivity index (χ2n) is 4.08. The molecule has 0 spiro atoms. The largest absolute Gasteiger partial charge is 0.399 e. The summed E-state index contributed by atoms with van der Waals surface area (Å²) in [7, 11) is 0. The number of nitrogens with zero attached hydrogens (tertiary/aromatic N) is 1. The summed E-state index contributed by atoms with van der Waals surface area (Å²) in [6.45, 7) is 1.35. The van der Waals surface area contributed by atoms with Gasteiger partial charge in [-0.2, -0.15) is 0 Å². The van der Waals surface area contributed by atoms with Crippen LogP contribution in [0.2, 0.25) is 0 Å². The molecule has 90 valence electrons. The van der Waals surface area contributed by atoms with Crippen LogP contribution in [0.5, 0.6) is 0 Å². The van der Waals surface area contributed by atoms with Crippen molar-refractivity contribution in [2.45, 2.75) is 12.8 Å². The van der Waals surface area contributed by atoms with Crippen molar-refractivity contribution in [2.24, 2.45) is 0 Å². The van der Waals surface area contributed by atoms with Gasteiger partial charge in [-0.3, -0.25) is 9.59 Å². The SMILES string of the molecule is Nc1ccc(NC(=O)C(=O)N2CCCC2)cc1.